The van der Waals surface area contributed by atoms with Gasteiger partial charge in [0.05, 0.1) is 16.8 Å². The number of rotatable bonds is 5. The second kappa shape index (κ2) is 7.79. The summed E-state index contributed by atoms with van der Waals surface area (Å²) in [5, 5.41) is 6.53. The van der Waals surface area contributed by atoms with Crippen LogP contribution in [0.1, 0.15) is 39.2 Å². The summed E-state index contributed by atoms with van der Waals surface area (Å²) >= 11 is 1.58. The Morgan fingerprint density at radius 3 is 2.78 bits per heavy atom. The number of hydrogen-bond donors (Lipinski definition) is 0. The predicted octanol–water partition coefficient (Wildman–Crippen LogP) is 4.65. The molecule has 2 aromatic heterocycles. The van der Waals surface area contributed by atoms with Crippen molar-refractivity contribution in [3.8, 4) is 5.69 Å². The molecular formula is C22H25N3OS. The summed E-state index contributed by atoms with van der Waals surface area (Å²) in [6, 6.07) is 10.4. The van der Waals surface area contributed by atoms with Gasteiger partial charge in [0.15, 0.2) is 5.78 Å². The third kappa shape index (κ3) is 4.04. The minimum absolute atomic E-state index is 0.114. The normalized spacial score (nSPS) is 17.9. The molecule has 0 amide bonds. The van der Waals surface area contributed by atoms with Gasteiger partial charge in [0.1, 0.15) is 0 Å². The van der Waals surface area contributed by atoms with E-state index in [1.807, 2.05) is 29.2 Å². The van der Waals surface area contributed by atoms with Gasteiger partial charge in [0.25, 0.3) is 0 Å². The number of aromatic nitrogens is 2. The monoisotopic (exact) mass is 379 g/mol. The number of benzene rings is 1. The van der Waals surface area contributed by atoms with Crippen molar-refractivity contribution in [2.75, 3.05) is 13.1 Å². The van der Waals surface area contributed by atoms with Gasteiger partial charge in [-0.15, -0.1) is 11.3 Å². The van der Waals surface area contributed by atoms with Crippen LogP contribution in [0.25, 0.3) is 5.69 Å². The van der Waals surface area contributed by atoms with E-state index in [2.05, 4.69) is 47.4 Å². The molecule has 0 unspecified atom stereocenters. The Morgan fingerprint density at radius 2 is 2.04 bits per heavy atom. The Morgan fingerprint density at radius 1 is 1.22 bits per heavy atom. The molecular weight excluding hydrogens is 354 g/mol. The lowest BCUT2D eigenvalue weighted by molar-refractivity contribution is 0.0815. The van der Waals surface area contributed by atoms with Gasteiger partial charge >= 0.3 is 0 Å². The number of piperidine rings is 1. The molecule has 0 radical (unpaired) electrons. The molecule has 1 fully saturated rings. The van der Waals surface area contributed by atoms with Gasteiger partial charge in [-0.25, -0.2) is 4.68 Å². The molecule has 0 spiro atoms. The van der Waals surface area contributed by atoms with E-state index in [9.17, 15) is 4.79 Å². The highest BCUT2D eigenvalue weighted by Gasteiger charge is 2.28. The van der Waals surface area contributed by atoms with Crippen molar-refractivity contribution in [3.05, 3.63) is 69.7 Å². The number of likely N-dealkylation sites (tertiary alicyclic amines) is 1. The van der Waals surface area contributed by atoms with E-state index in [4.69, 9.17) is 0 Å². The molecule has 1 saturated heterocycles. The molecule has 5 heteroatoms. The fraction of sp³-hybridized carbons (Fsp3) is 0.364. The zero-order valence-corrected chi connectivity index (χ0v) is 16.7. The molecule has 4 nitrogen and oxygen atoms in total. The highest BCUT2D eigenvalue weighted by atomic mass is 32.1. The smallest absolute Gasteiger partial charge is 0.177 e. The van der Waals surface area contributed by atoms with E-state index in [-0.39, 0.29) is 5.92 Å². The van der Waals surface area contributed by atoms with E-state index >= 15 is 0 Å². The quantitative estimate of drug-likeness (QED) is 0.606. The molecule has 3 aromatic rings. The van der Waals surface area contributed by atoms with Crippen LogP contribution in [0, 0.1) is 19.8 Å². The van der Waals surface area contributed by atoms with Crippen molar-refractivity contribution in [1.82, 2.24) is 14.7 Å². The van der Waals surface area contributed by atoms with Gasteiger partial charge in [-0.05, 0) is 62.4 Å². The van der Waals surface area contributed by atoms with Gasteiger partial charge < -0.3 is 0 Å². The molecule has 3 heterocycles. The molecule has 1 aliphatic rings. The maximum absolute atomic E-state index is 12.9. The summed E-state index contributed by atoms with van der Waals surface area (Å²) in [5.74, 6) is 0.436. The summed E-state index contributed by atoms with van der Waals surface area (Å²) in [6.45, 7) is 6.85. The Labute approximate surface area is 164 Å². The van der Waals surface area contributed by atoms with Crippen LogP contribution < -0.4 is 0 Å². The lowest BCUT2D eigenvalue weighted by Gasteiger charge is -2.31. The first-order chi connectivity index (χ1) is 13.1. The van der Waals surface area contributed by atoms with Gasteiger partial charge in [-0.2, -0.15) is 5.10 Å². The van der Waals surface area contributed by atoms with Crippen LogP contribution in [-0.2, 0) is 6.54 Å². The van der Waals surface area contributed by atoms with Crippen molar-refractivity contribution in [1.29, 1.82) is 0 Å². The molecule has 4 rings (SSSR count). The first-order valence-electron chi connectivity index (χ1n) is 9.51. The van der Waals surface area contributed by atoms with Crippen LogP contribution in [-0.4, -0.2) is 33.6 Å². The third-order valence-electron chi connectivity index (χ3n) is 5.30. The van der Waals surface area contributed by atoms with Crippen molar-refractivity contribution >= 4 is 17.1 Å². The molecule has 140 valence electrons. The largest absolute Gasteiger partial charge is 0.298 e. The first kappa shape index (κ1) is 18.1. The first-order valence-corrected chi connectivity index (χ1v) is 10.4. The van der Waals surface area contributed by atoms with Gasteiger partial charge in [0, 0.05) is 30.8 Å². The van der Waals surface area contributed by atoms with Gasteiger partial charge in [-0.1, -0.05) is 17.7 Å². The fourth-order valence-corrected chi connectivity index (χ4v) is 4.71. The summed E-state index contributed by atoms with van der Waals surface area (Å²) in [6.07, 6.45) is 6.11. The van der Waals surface area contributed by atoms with Crippen LogP contribution >= 0.6 is 11.3 Å². The van der Waals surface area contributed by atoms with Crippen molar-refractivity contribution < 1.29 is 4.79 Å². The van der Waals surface area contributed by atoms with Crippen molar-refractivity contribution in [2.45, 2.75) is 33.2 Å². The van der Waals surface area contributed by atoms with Crippen LogP contribution in [0.15, 0.2) is 48.1 Å². The van der Waals surface area contributed by atoms with Gasteiger partial charge in [0.2, 0.25) is 0 Å². The molecule has 1 atom stereocenters. The molecule has 0 saturated carbocycles. The second-order valence-corrected chi connectivity index (χ2v) is 8.42. The Balaban J connectivity index is 1.42. The van der Waals surface area contributed by atoms with E-state index in [0.717, 1.165) is 48.6 Å². The molecule has 27 heavy (non-hydrogen) atoms. The van der Waals surface area contributed by atoms with E-state index < -0.39 is 0 Å². The maximum atomic E-state index is 12.9. The van der Waals surface area contributed by atoms with Crippen molar-refractivity contribution in [3.63, 3.8) is 0 Å². The van der Waals surface area contributed by atoms with Crippen LogP contribution in [0.2, 0.25) is 0 Å². The zero-order chi connectivity index (χ0) is 18.8. The number of hydrogen-bond acceptors (Lipinski definition) is 4. The molecule has 0 bridgehead atoms. The van der Waals surface area contributed by atoms with E-state index in [1.54, 1.807) is 11.3 Å². The fourth-order valence-electron chi connectivity index (χ4n) is 3.76. The van der Waals surface area contributed by atoms with Crippen LogP contribution in [0.4, 0.5) is 0 Å². The summed E-state index contributed by atoms with van der Waals surface area (Å²) in [5.41, 5.74) is 4.63. The predicted molar refractivity (Wildman–Crippen MR) is 110 cm³/mol. The number of carbonyl (C=O) groups excluding carboxylic acids is 1. The lowest BCUT2D eigenvalue weighted by Crippen LogP contribution is -2.38. The summed E-state index contributed by atoms with van der Waals surface area (Å²) < 4.78 is 1.93. The number of thiophene rings is 1. The topological polar surface area (TPSA) is 38.1 Å². The molecule has 0 aliphatic carbocycles. The summed E-state index contributed by atoms with van der Waals surface area (Å²) in [7, 11) is 0. The maximum Gasteiger partial charge on any atom is 0.177 e. The number of aryl methyl sites for hydroxylation is 2. The minimum atomic E-state index is 0.114. The number of Topliss-reactive ketones (excluding diaryl/α,β-unsaturated/α-hetero) is 1. The molecule has 0 N–H and O–H groups in total. The average Bonchev–Trinajstić information content (AvgIpc) is 3.31. The second-order valence-electron chi connectivity index (χ2n) is 7.50. The number of carbonyl (C=O) groups is 1. The highest BCUT2D eigenvalue weighted by Crippen LogP contribution is 2.26. The average molecular weight is 380 g/mol. The SMILES string of the molecule is Cc1ccc(-n2cc(CN3CCC[C@@H](C(=O)c4sccc4C)C3)cn2)cc1. The standard InChI is InChI=1S/C22H25N3OS/c1-16-5-7-20(8-6-16)25-14-18(12-23-25)13-24-10-3-4-19(15-24)21(26)22-17(2)9-11-27-22/h5-9,11-12,14,19H,3-4,10,13,15H2,1-2H3/t19-/m1/s1. The third-order valence-corrected chi connectivity index (χ3v) is 6.33. The molecule has 1 aliphatic heterocycles. The zero-order valence-electron chi connectivity index (χ0n) is 15.9. The molecule has 1 aromatic carbocycles. The van der Waals surface area contributed by atoms with E-state index in [0.29, 0.717) is 5.78 Å². The minimum Gasteiger partial charge on any atom is -0.298 e. The Hall–Kier alpha value is -2.24. The number of ketones is 1. The van der Waals surface area contributed by atoms with Crippen LogP contribution in [0.3, 0.4) is 0 Å². The van der Waals surface area contributed by atoms with Crippen LogP contribution in [0.5, 0.6) is 0 Å². The Kier molecular flexibility index (Phi) is 5.23. The van der Waals surface area contributed by atoms with Crippen molar-refractivity contribution in [2.24, 2.45) is 5.92 Å². The lowest BCUT2D eigenvalue weighted by atomic mass is 9.92. The summed E-state index contributed by atoms with van der Waals surface area (Å²) in [4.78, 5) is 16.2. The highest BCUT2D eigenvalue weighted by molar-refractivity contribution is 7.12. The Bertz CT molecular complexity index is 925. The van der Waals surface area contributed by atoms with Gasteiger partial charge in [-0.3, -0.25) is 9.69 Å². The number of nitrogens with zero attached hydrogens (tertiary/aromatic N) is 3. The van der Waals surface area contributed by atoms with E-state index in [1.165, 1.54) is 11.1 Å².